The maximum atomic E-state index is 2.48. The monoisotopic (exact) mass is 631 g/mol. The maximum Gasteiger partial charge on any atom is 0.0467 e. The van der Waals surface area contributed by atoms with E-state index in [1.54, 1.807) is 0 Å². The second kappa shape index (κ2) is 12.1. The van der Waals surface area contributed by atoms with Gasteiger partial charge in [0.2, 0.25) is 0 Å². The molecule has 48 heavy (non-hydrogen) atoms. The molecule has 246 valence electrons. The molecule has 0 radical (unpaired) electrons. The van der Waals surface area contributed by atoms with Crippen LogP contribution in [0.4, 0.5) is 17.1 Å². The zero-order chi connectivity index (χ0) is 33.8. The molecule has 0 unspecified atom stereocenters. The average molecular weight is 632 g/mol. The molecule has 1 heteroatoms. The van der Waals surface area contributed by atoms with Crippen LogP contribution in [0.2, 0.25) is 0 Å². The fourth-order valence-corrected chi connectivity index (χ4v) is 8.09. The van der Waals surface area contributed by atoms with E-state index in [4.69, 9.17) is 0 Å². The van der Waals surface area contributed by atoms with Gasteiger partial charge in [-0.15, -0.1) is 0 Å². The topological polar surface area (TPSA) is 3.24 Å². The van der Waals surface area contributed by atoms with E-state index in [-0.39, 0.29) is 16.2 Å². The van der Waals surface area contributed by atoms with Gasteiger partial charge >= 0.3 is 0 Å². The van der Waals surface area contributed by atoms with Gasteiger partial charge in [-0.25, -0.2) is 0 Å². The van der Waals surface area contributed by atoms with Crippen LogP contribution < -0.4 is 4.90 Å². The number of rotatable bonds is 5. The summed E-state index contributed by atoms with van der Waals surface area (Å²) in [5.41, 5.74) is 16.0. The molecule has 0 aromatic heterocycles. The molecule has 2 aliphatic rings. The summed E-state index contributed by atoms with van der Waals surface area (Å²) in [6.07, 6.45) is 6.72. The molecule has 1 nitrogen and oxygen atoms in total. The molecule has 1 fully saturated rings. The highest BCUT2D eigenvalue weighted by molar-refractivity contribution is 5.86. The van der Waals surface area contributed by atoms with E-state index in [0.717, 1.165) is 0 Å². The molecule has 0 amide bonds. The first-order valence-electron chi connectivity index (χ1n) is 18.2. The summed E-state index contributed by atoms with van der Waals surface area (Å²) < 4.78 is 0. The van der Waals surface area contributed by atoms with E-state index >= 15 is 0 Å². The molecule has 0 bridgehead atoms. The lowest BCUT2D eigenvalue weighted by Crippen LogP contribution is -2.17. The Morgan fingerprint density at radius 2 is 1.12 bits per heavy atom. The average Bonchev–Trinajstić information content (AvgIpc) is 3.30. The Hall–Kier alpha value is -4.10. The molecule has 0 heterocycles. The van der Waals surface area contributed by atoms with Crippen LogP contribution in [0.25, 0.3) is 22.3 Å². The molecular weight excluding hydrogens is 579 g/mol. The largest absolute Gasteiger partial charge is 0.310 e. The first kappa shape index (κ1) is 32.4. The first-order chi connectivity index (χ1) is 22.8. The van der Waals surface area contributed by atoms with Crippen LogP contribution in [0.3, 0.4) is 0 Å². The number of hydrogen-bond donors (Lipinski definition) is 0. The minimum Gasteiger partial charge on any atom is -0.310 e. The van der Waals surface area contributed by atoms with E-state index in [2.05, 4.69) is 169 Å². The lowest BCUT2D eigenvalue weighted by atomic mass is 9.79. The summed E-state index contributed by atoms with van der Waals surface area (Å²) in [6.45, 7) is 18.7. The molecular formula is C47H53N. The quantitative estimate of drug-likeness (QED) is 0.187. The van der Waals surface area contributed by atoms with Crippen molar-refractivity contribution in [1.29, 1.82) is 0 Å². The fraction of sp³-hybridized carbons (Fsp3) is 0.362. The van der Waals surface area contributed by atoms with Crippen molar-refractivity contribution in [2.75, 3.05) is 4.90 Å². The summed E-state index contributed by atoms with van der Waals surface area (Å²) in [6, 6.07) is 42.0. The van der Waals surface area contributed by atoms with Crippen molar-refractivity contribution in [3.8, 4) is 22.3 Å². The van der Waals surface area contributed by atoms with Crippen LogP contribution >= 0.6 is 0 Å². The molecule has 5 aromatic rings. The summed E-state index contributed by atoms with van der Waals surface area (Å²) in [4.78, 5) is 2.48. The highest BCUT2D eigenvalue weighted by atomic mass is 15.1. The van der Waals surface area contributed by atoms with Crippen molar-refractivity contribution in [3.05, 3.63) is 137 Å². The normalized spacial score (nSPS) is 16.0. The van der Waals surface area contributed by atoms with E-state index in [9.17, 15) is 0 Å². The lowest BCUT2D eigenvalue weighted by molar-refractivity contribution is 0.443. The molecule has 5 aromatic carbocycles. The zero-order valence-corrected chi connectivity index (χ0v) is 30.5. The van der Waals surface area contributed by atoms with E-state index in [0.29, 0.717) is 5.92 Å². The summed E-state index contributed by atoms with van der Waals surface area (Å²) in [5.74, 6) is 0.691. The Bertz CT molecular complexity index is 1910. The third-order valence-electron chi connectivity index (χ3n) is 11.2. The smallest absolute Gasteiger partial charge is 0.0467 e. The Balaban J connectivity index is 1.36. The molecule has 0 saturated heterocycles. The lowest BCUT2D eigenvalue weighted by Gasteiger charge is -2.29. The van der Waals surface area contributed by atoms with Crippen LogP contribution in [0.15, 0.2) is 109 Å². The second-order valence-electron chi connectivity index (χ2n) is 17.0. The van der Waals surface area contributed by atoms with Gasteiger partial charge in [-0.2, -0.15) is 0 Å². The van der Waals surface area contributed by atoms with Crippen molar-refractivity contribution < 1.29 is 0 Å². The van der Waals surface area contributed by atoms with Crippen molar-refractivity contribution in [2.24, 2.45) is 0 Å². The van der Waals surface area contributed by atoms with E-state index in [1.165, 1.54) is 99.2 Å². The Morgan fingerprint density at radius 1 is 0.521 bits per heavy atom. The fourth-order valence-electron chi connectivity index (χ4n) is 8.09. The van der Waals surface area contributed by atoms with Gasteiger partial charge in [0, 0.05) is 22.5 Å². The molecule has 0 aliphatic heterocycles. The maximum absolute atomic E-state index is 2.48. The van der Waals surface area contributed by atoms with Crippen LogP contribution in [0, 0.1) is 0 Å². The first-order valence-corrected chi connectivity index (χ1v) is 18.2. The van der Waals surface area contributed by atoms with Gasteiger partial charge in [-0.1, -0.05) is 147 Å². The highest BCUT2D eigenvalue weighted by Crippen LogP contribution is 2.51. The Labute approximate surface area is 290 Å². The number of nitrogens with zero attached hydrogens (tertiary/aromatic N) is 1. The van der Waals surface area contributed by atoms with Crippen LogP contribution in [-0.4, -0.2) is 0 Å². The third-order valence-corrected chi connectivity index (χ3v) is 11.2. The molecule has 7 rings (SSSR count). The number of benzene rings is 5. The van der Waals surface area contributed by atoms with Gasteiger partial charge in [0.1, 0.15) is 0 Å². The van der Waals surface area contributed by atoms with Crippen molar-refractivity contribution >= 4 is 17.1 Å². The van der Waals surface area contributed by atoms with Crippen molar-refractivity contribution in [3.63, 3.8) is 0 Å². The SMILES string of the molecule is CC(C)(C)c1cc(-c2cccc(N(c3ccc(C4CCCCC4)cc3)c3ccc4c(c3)C(C)(C)c3ccccc3-4)c2)cc(C(C)(C)C)c1. The number of fused-ring (bicyclic) bond motifs is 3. The van der Waals surface area contributed by atoms with Gasteiger partial charge in [0.05, 0.1) is 0 Å². The van der Waals surface area contributed by atoms with Gasteiger partial charge in [-0.3, -0.25) is 0 Å². The van der Waals surface area contributed by atoms with Gasteiger partial charge in [0.15, 0.2) is 0 Å². The molecule has 0 spiro atoms. The van der Waals surface area contributed by atoms with Gasteiger partial charge < -0.3 is 4.90 Å². The van der Waals surface area contributed by atoms with Crippen molar-refractivity contribution in [2.45, 2.75) is 110 Å². The highest BCUT2D eigenvalue weighted by Gasteiger charge is 2.35. The molecule has 0 atom stereocenters. The van der Waals surface area contributed by atoms with Gasteiger partial charge in [0.25, 0.3) is 0 Å². The minimum absolute atomic E-state index is 0.0585. The molecule has 0 N–H and O–H groups in total. The Morgan fingerprint density at radius 3 is 1.79 bits per heavy atom. The van der Waals surface area contributed by atoms with Crippen molar-refractivity contribution in [1.82, 2.24) is 0 Å². The van der Waals surface area contributed by atoms with E-state index in [1.807, 2.05) is 0 Å². The molecule has 1 saturated carbocycles. The third kappa shape index (κ3) is 6.02. The van der Waals surface area contributed by atoms with Crippen LogP contribution in [0.5, 0.6) is 0 Å². The summed E-state index contributed by atoms with van der Waals surface area (Å²) in [7, 11) is 0. The number of hydrogen-bond acceptors (Lipinski definition) is 1. The minimum atomic E-state index is -0.0585. The predicted octanol–water partition coefficient (Wildman–Crippen LogP) is 13.8. The summed E-state index contributed by atoms with van der Waals surface area (Å²) >= 11 is 0. The zero-order valence-electron chi connectivity index (χ0n) is 30.5. The van der Waals surface area contributed by atoms with Gasteiger partial charge in [-0.05, 0) is 116 Å². The second-order valence-corrected chi connectivity index (χ2v) is 17.0. The van der Waals surface area contributed by atoms with Crippen LogP contribution in [0.1, 0.15) is 121 Å². The molecule has 2 aliphatic carbocycles. The van der Waals surface area contributed by atoms with Crippen LogP contribution in [-0.2, 0) is 16.2 Å². The summed E-state index contributed by atoms with van der Waals surface area (Å²) in [5, 5.41) is 0. The Kier molecular flexibility index (Phi) is 8.18. The predicted molar refractivity (Wildman–Crippen MR) is 207 cm³/mol. The standard InChI is InChI=1S/C47H53N/c1-45(2,3)36-27-35(28-37(30-36)46(4,5)6)34-17-14-18-39(29-34)48(38-23-21-33(22-24-38)32-15-10-9-11-16-32)40-25-26-42-41-19-12-13-20-43(41)47(7,8)44(42)31-40/h12-14,17-32H,9-11,15-16H2,1-8H3. The number of anilines is 3. The van der Waals surface area contributed by atoms with E-state index < -0.39 is 0 Å².